The molecule has 1 unspecified atom stereocenters. The molecule has 94 valence electrons. The van der Waals surface area contributed by atoms with Crippen LogP contribution in [0.1, 0.15) is 43.7 Å². The fourth-order valence-corrected chi connectivity index (χ4v) is 1.48. The van der Waals surface area contributed by atoms with Crippen LogP contribution in [0.25, 0.3) is 0 Å². The lowest BCUT2D eigenvalue weighted by atomic mass is 9.88. The number of rotatable bonds is 2. The van der Waals surface area contributed by atoms with Crippen molar-refractivity contribution in [2.24, 2.45) is 5.41 Å². The topological polar surface area (TPSA) is 42.0 Å². The van der Waals surface area contributed by atoms with Crippen molar-refractivity contribution in [3.63, 3.8) is 0 Å². The largest absolute Gasteiger partial charge is 0.349 e. The Morgan fingerprint density at radius 2 is 2.06 bits per heavy atom. The highest BCUT2D eigenvalue weighted by atomic mass is 35.5. The van der Waals surface area contributed by atoms with Crippen LogP contribution in [0.15, 0.2) is 12.3 Å². The van der Waals surface area contributed by atoms with Crippen LogP contribution in [-0.2, 0) is 0 Å². The van der Waals surface area contributed by atoms with Gasteiger partial charge in [-0.3, -0.25) is 9.78 Å². The summed E-state index contributed by atoms with van der Waals surface area (Å²) in [4.78, 5) is 16.1. The van der Waals surface area contributed by atoms with E-state index in [0.717, 1.165) is 5.69 Å². The van der Waals surface area contributed by atoms with Crippen LogP contribution in [0.5, 0.6) is 0 Å². The number of carbonyl (C=O) groups is 1. The van der Waals surface area contributed by atoms with Crippen molar-refractivity contribution < 1.29 is 4.79 Å². The van der Waals surface area contributed by atoms with Crippen LogP contribution in [-0.4, -0.2) is 16.9 Å². The lowest BCUT2D eigenvalue weighted by Crippen LogP contribution is -2.41. The van der Waals surface area contributed by atoms with E-state index in [0.29, 0.717) is 10.6 Å². The summed E-state index contributed by atoms with van der Waals surface area (Å²) in [5, 5.41) is 3.37. The smallest absolute Gasteiger partial charge is 0.254 e. The number of hydrogen-bond acceptors (Lipinski definition) is 2. The second-order valence-electron chi connectivity index (χ2n) is 5.37. The van der Waals surface area contributed by atoms with Crippen molar-refractivity contribution >= 4 is 17.5 Å². The number of halogens is 1. The van der Waals surface area contributed by atoms with Gasteiger partial charge in [0.25, 0.3) is 5.91 Å². The second-order valence-corrected chi connectivity index (χ2v) is 5.77. The summed E-state index contributed by atoms with van der Waals surface area (Å²) in [6.07, 6.45) is 1.52. The van der Waals surface area contributed by atoms with Crippen molar-refractivity contribution in [3.05, 3.63) is 28.5 Å². The normalized spacial score (nSPS) is 13.3. The van der Waals surface area contributed by atoms with Crippen LogP contribution in [0, 0.1) is 12.3 Å². The van der Waals surface area contributed by atoms with Crippen LogP contribution < -0.4 is 5.32 Å². The molecule has 0 saturated carbocycles. The van der Waals surface area contributed by atoms with Crippen molar-refractivity contribution in [2.45, 2.75) is 40.7 Å². The molecule has 1 aromatic rings. The highest BCUT2D eigenvalue weighted by molar-refractivity contribution is 6.33. The quantitative estimate of drug-likeness (QED) is 0.881. The molecule has 3 nitrogen and oxygen atoms in total. The molecule has 0 aliphatic carbocycles. The molecule has 1 rings (SSSR count). The van der Waals surface area contributed by atoms with Gasteiger partial charge in [0, 0.05) is 17.9 Å². The third-order valence-corrected chi connectivity index (χ3v) is 3.19. The molecule has 0 saturated heterocycles. The number of carbonyl (C=O) groups excluding carboxylic acids is 1. The third kappa shape index (κ3) is 3.70. The average Bonchev–Trinajstić information content (AvgIpc) is 2.15. The molecule has 0 bridgehead atoms. The minimum Gasteiger partial charge on any atom is -0.349 e. The summed E-state index contributed by atoms with van der Waals surface area (Å²) < 4.78 is 0. The number of nitrogens with zero attached hydrogens (tertiary/aromatic N) is 1. The van der Waals surface area contributed by atoms with Crippen molar-refractivity contribution in [1.29, 1.82) is 0 Å². The molecule has 0 radical (unpaired) electrons. The maximum absolute atomic E-state index is 12.0. The minimum atomic E-state index is -0.176. The lowest BCUT2D eigenvalue weighted by Gasteiger charge is -2.28. The molecule has 0 aliphatic heterocycles. The molecule has 1 amide bonds. The Bertz CT molecular complexity index is 424. The Labute approximate surface area is 108 Å². The number of amides is 1. The van der Waals surface area contributed by atoms with Gasteiger partial charge in [0.05, 0.1) is 10.6 Å². The summed E-state index contributed by atoms with van der Waals surface area (Å²) in [5.41, 5.74) is 1.24. The van der Waals surface area contributed by atoms with Gasteiger partial charge in [-0.25, -0.2) is 0 Å². The van der Waals surface area contributed by atoms with E-state index in [9.17, 15) is 4.79 Å². The number of aromatic nitrogens is 1. The summed E-state index contributed by atoms with van der Waals surface area (Å²) in [5.74, 6) is -0.176. The molecular formula is C13H19ClN2O. The van der Waals surface area contributed by atoms with Gasteiger partial charge < -0.3 is 5.32 Å². The summed E-state index contributed by atoms with van der Waals surface area (Å²) >= 11 is 6.02. The van der Waals surface area contributed by atoms with Crippen LogP contribution in [0.4, 0.5) is 0 Å². The van der Waals surface area contributed by atoms with E-state index in [4.69, 9.17) is 11.6 Å². The maximum atomic E-state index is 12.0. The zero-order valence-corrected chi connectivity index (χ0v) is 11.7. The zero-order chi connectivity index (χ0) is 13.2. The Hall–Kier alpha value is -1.09. The number of hydrogen-bond donors (Lipinski definition) is 1. The predicted molar refractivity (Wildman–Crippen MR) is 70.4 cm³/mol. The zero-order valence-electron chi connectivity index (χ0n) is 11.0. The molecule has 1 aromatic heterocycles. The Kier molecular flexibility index (Phi) is 4.15. The Morgan fingerprint density at radius 1 is 1.47 bits per heavy atom. The molecule has 0 aromatic carbocycles. The van der Waals surface area contributed by atoms with Gasteiger partial charge in [-0.05, 0) is 25.3 Å². The van der Waals surface area contributed by atoms with Gasteiger partial charge in [-0.15, -0.1) is 0 Å². The van der Waals surface area contributed by atoms with Crippen molar-refractivity contribution in [1.82, 2.24) is 10.3 Å². The van der Waals surface area contributed by atoms with Crippen molar-refractivity contribution in [2.75, 3.05) is 0 Å². The van der Waals surface area contributed by atoms with E-state index < -0.39 is 0 Å². The summed E-state index contributed by atoms with van der Waals surface area (Å²) in [6, 6.07) is 1.76. The molecule has 0 aliphatic rings. The van der Waals surface area contributed by atoms with Gasteiger partial charge in [-0.2, -0.15) is 0 Å². The first-order valence-electron chi connectivity index (χ1n) is 5.65. The van der Waals surface area contributed by atoms with Crippen LogP contribution in [0.3, 0.4) is 0 Å². The third-order valence-electron chi connectivity index (χ3n) is 2.88. The first kappa shape index (κ1) is 14.0. The summed E-state index contributed by atoms with van der Waals surface area (Å²) in [7, 11) is 0. The lowest BCUT2D eigenvalue weighted by molar-refractivity contribution is 0.0910. The molecular weight excluding hydrogens is 236 g/mol. The molecule has 4 heteroatoms. The molecule has 17 heavy (non-hydrogen) atoms. The first-order chi connectivity index (χ1) is 7.71. The molecule has 1 heterocycles. The number of aryl methyl sites for hydroxylation is 1. The van der Waals surface area contributed by atoms with E-state index in [1.54, 1.807) is 6.07 Å². The standard InChI is InChI=1S/C13H19ClN2O/c1-8-6-11(14)10(7-15-8)12(17)16-9(2)13(3,4)5/h6-7,9H,1-5H3,(H,16,17). The summed E-state index contributed by atoms with van der Waals surface area (Å²) in [6.45, 7) is 10.0. The van der Waals surface area contributed by atoms with E-state index >= 15 is 0 Å². The fraction of sp³-hybridized carbons (Fsp3) is 0.538. The van der Waals surface area contributed by atoms with Crippen molar-refractivity contribution in [3.8, 4) is 0 Å². The average molecular weight is 255 g/mol. The maximum Gasteiger partial charge on any atom is 0.254 e. The monoisotopic (exact) mass is 254 g/mol. The van der Waals surface area contributed by atoms with Gasteiger partial charge in [0.15, 0.2) is 0 Å². The molecule has 1 N–H and O–H groups in total. The highest BCUT2D eigenvalue weighted by Gasteiger charge is 2.23. The van der Waals surface area contributed by atoms with E-state index in [1.165, 1.54) is 6.20 Å². The molecule has 0 fully saturated rings. The minimum absolute atomic E-state index is 0.0141. The Morgan fingerprint density at radius 3 is 2.53 bits per heavy atom. The highest BCUT2D eigenvalue weighted by Crippen LogP contribution is 2.20. The van der Waals surface area contributed by atoms with Gasteiger partial charge in [-0.1, -0.05) is 32.4 Å². The van der Waals surface area contributed by atoms with E-state index in [1.807, 2.05) is 13.8 Å². The molecule has 1 atom stereocenters. The van der Waals surface area contributed by atoms with E-state index in [2.05, 4.69) is 31.1 Å². The van der Waals surface area contributed by atoms with Crippen LogP contribution in [0.2, 0.25) is 5.02 Å². The van der Waals surface area contributed by atoms with Gasteiger partial charge in [0.1, 0.15) is 0 Å². The SMILES string of the molecule is Cc1cc(Cl)c(C(=O)NC(C)C(C)(C)C)cn1. The fourth-order valence-electron chi connectivity index (χ4n) is 1.18. The Balaban J connectivity index is 2.84. The molecule has 0 spiro atoms. The first-order valence-corrected chi connectivity index (χ1v) is 6.02. The van der Waals surface area contributed by atoms with Gasteiger partial charge in [0.2, 0.25) is 0 Å². The predicted octanol–water partition coefficient (Wildman–Crippen LogP) is 3.21. The van der Waals surface area contributed by atoms with Crippen LogP contribution >= 0.6 is 11.6 Å². The van der Waals surface area contributed by atoms with Gasteiger partial charge >= 0.3 is 0 Å². The van der Waals surface area contributed by atoms with E-state index in [-0.39, 0.29) is 17.4 Å². The number of pyridine rings is 1. The number of nitrogens with one attached hydrogen (secondary N) is 1. The second kappa shape index (κ2) is 5.05.